The number of carbonyl (C=O) groups is 1. The second-order valence-corrected chi connectivity index (χ2v) is 5.61. The number of hydrogen-bond acceptors (Lipinski definition) is 2. The number of fused-ring (bicyclic) bond motifs is 1. The molecular formula is C15H12INO2. The molecule has 0 saturated heterocycles. The fourth-order valence-corrected chi connectivity index (χ4v) is 2.59. The van der Waals surface area contributed by atoms with Crippen molar-refractivity contribution in [2.45, 2.75) is 6.54 Å². The van der Waals surface area contributed by atoms with Crippen LogP contribution in [0.4, 0.5) is 5.69 Å². The van der Waals surface area contributed by atoms with Crippen molar-refractivity contribution in [3.63, 3.8) is 0 Å². The highest BCUT2D eigenvalue weighted by Gasteiger charge is 2.25. The van der Waals surface area contributed by atoms with Crippen LogP contribution >= 0.6 is 22.6 Å². The molecule has 0 saturated carbocycles. The van der Waals surface area contributed by atoms with Gasteiger partial charge in [0.2, 0.25) is 0 Å². The summed E-state index contributed by atoms with van der Waals surface area (Å²) in [4.78, 5) is 13.9. The lowest BCUT2D eigenvalue weighted by molar-refractivity contribution is -0.121. The van der Waals surface area contributed by atoms with Gasteiger partial charge in [-0.05, 0) is 46.4 Å². The summed E-state index contributed by atoms with van der Waals surface area (Å²) in [7, 11) is 0. The van der Waals surface area contributed by atoms with Crippen LogP contribution in [0.5, 0.6) is 5.75 Å². The van der Waals surface area contributed by atoms with Crippen molar-refractivity contribution in [2.24, 2.45) is 0 Å². The third-order valence-corrected chi connectivity index (χ3v) is 3.72. The van der Waals surface area contributed by atoms with Crippen LogP contribution in [0.3, 0.4) is 0 Å². The molecule has 0 aliphatic carbocycles. The minimum absolute atomic E-state index is 0.00152. The van der Waals surface area contributed by atoms with E-state index in [0.29, 0.717) is 6.54 Å². The van der Waals surface area contributed by atoms with Gasteiger partial charge in [0.05, 0.1) is 12.2 Å². The highest BCUT2D eigenvalue weighted by molar-refractivity contribution is 14.1. The molecule has 0 aromatic heterocycles. The van der Waals surface area contributed by atoms with Crippen molar-refractivity contribution < 1.29 is 9.53 Å². The third-order valence-electron chi connectivity index (χ3n) is 3.05. The van der Waals surface area contributed by atoms with E-state index in [1.165, 1.54) is 0 Å². The molecule has 96 valence electrons. The van der Waals surface area contributed by atoms with Crippen molar-refractivity contribution >= 4 is 34.2 Å². The molecular weight excluding hydrogens is 353 g/mol. The first kappa shape index (κ1) is 12.5. The lowest BCUT2D eigenvalue weighted by Gasteiger charge is -2.29. The summed E-state index contributed by atoms with van der Waals surface area (Å²) in [6, 6.07) is 15.9. The monoisotopic (exact) mass is 365 g/mol. The third kappa shape index (κ3) is 2.58. The topological polar surface area (TPSA) is 29.5 Å². The molecule has 1 aliphatic rings. The maximum Gasteiger partial charge on any atom is 0.265 e. The maximum absolute atomic E-state index is 12.1. The van der Waals surface area contributed by atoms with Crippen molar-refractivity contribution in [1.82, 2.24) is 0 Å². The molecule has 19 heavy (non-hydrogen) atoms. The summed E-state index contributed by atoms with van der Waals surface area (Å²) in [6.07, 6.45) is 0. The number of halogens is 1. The summed E-state index contributed by atoms with van der Waals surface area (Å²) in [5.74, 6) is 0.773. The van der Waals surface area contributed by atoms with E-state index in [4.69, 9.17) is 4.74 Å². The van der Waals surface area contributed by atoms with Crippen LogP contribution in [0.1, 0.15) is 5.56 Å². The largest absolute Gasteiger partial charge is 0.482 e. The van der Waals surface area contributed by atoms with E-state index in [2.05, 4.69) is 22.6 Å². The Morgan fingerprint density at radius 1 is 1.16 bits per heavy atom. The molecule has 3 rings (SSSR count). The average molecular weight is 365 g/mol. The molecule has 2 aromatic carbocycles. The van der Waals surface area contributed by atoms with Crippen molar-refractivity contribution in [3.05, 3.63) is 57.7 Å². The van der Waals surface area contributed by atoms with E-state index in [1.54, 1.807) is 4.90 Å². The molecule has 0 spiro atoms. The smallest absolute Gasteiger partial charge is 0.265 e. The number of rotatable bonds is 2. The van der Waals surface area contributed by atoms with Crippen LogP contribution in [-0.2, 0) is 11.3 Å². The molecule has 0 unspecified atom stereocenters. The van der Waals surface area contributed by atoms with E-state index in [0.717, 1.165) is 20.6 Å². The van der Waals surface area contributed by atoms with Gasteiger partial charge in [-0.1, -0.05) is 30.3 Å². The Kier molecular flexibility index (Phi) is 3.42. The number of carbonyl (C=O) groups excluding carboxylic acids is 1. The van der Waals surface area contributed by atoms with E-state index >= 15 is 0 Å². The standard InChI is InChI=1S/C15H12INO2/c16-12-6-7-14-13(8-12)17(15(18)10-19-14)9-11-4-2-1-3-5-11/h1-8H,9-10H2. The highest BCUT2D eigenvalue weighted by atomic mass is 127. The summed E-state index contributed by atoms with van der Waals surface area (Å²) in [5.41, 5.74) is 1.97. The second-order valence-electron chi connectivity index (χ2n) is 4.37. The fourth-order valence-electron chi connectivity index (χ4n) is 2.11. The number of anilines is 1. The van der Waals surface area contributed by atoms with E-state index in [1.807, 2.05) is 48.5 Å². The number of nitrogens with zero attached hydrogens (tertiary/aromatic N) is 1. The summed E-state index contributed by atoms with van der Waals surface area (Å²) in [5, 5.41) is 0. The Hall–Kier alpha value is -1.56. The molecule has 0 bridgehead atoms. The van der Waals surface area contributed by atoms with Gasteiger partial charge in [0, 0.05) is 3.57 Å². The van der Waals surface area contributed by atoms with Gasteiger partial charge >= 0.3 is 0 Å². The predicted octanol–water partition coefficient (Wildman–Crippen LogP) is 3.22. The zero-order valence-electron chi connectivity index (χ0n) is 10.2. The van der Waals surface area contributed by atoms with Gasteiger partial charge in [-0.25, -0.2) is 0 Å². The van der Waals surface area contributed by atoms with E-state index < -0.39 is 0 Å². The quantitative estimate of drug-likeness (QED) is 0.765. The summed E-state index contributed by atoms with van der Waals surface area (Å²) >= 11 is 2.24. The predicted molar refractivity (Wildman–Crippen MR) is 82.3 cm³/mol. The minimum atomic E-state index is -0.00152. The fraction of sp³-hybridized carbons (Fsp3) is 0.133. The van der Waals surface area contributed by atoms with Gasteiger partial charge < -0.3 is 9.64 Å². The van der Waals surface area contributed by atoms with Crippen LogP contribution in [-0.4, -0.2) is 12.5 Å². The molecule has 1 amide bonds. The van der Waals surface area contributed by atoms with Crippen LogP contribution in [0, 0.1) is 3.57 Å². The summed E-state index contributed by atoms with van der Waals surface area (Å²) in [6.45, 7) is 0.691. The van der Waals surface area contributed by atoms with Crippen LogP contribution in [0.2, 0.25) is 0 Å². The van der Waals surface area contributed by atoms with Gasteiger partial charge in [0.15, 0.2) is 6.61 Å². The number of amides is 1. The van der Waals surface area contributed by atoms with Crippen LogP contribution in [0.15, 0.2) is 48.5 Å². The van der Waals surface area contributed by atoms with Gasteiger partial charge in [-0.3, -0.25) is 4.79 Å². The van der Waals surface area contributed by atoms with Crippen LogP contribution in [0.25, 0.3) is 0 Å². The summed E-state index contributed by atoms with van der Waals surface area (Å²) < 4.78 is 6.55. The molecule has 1 heterocycles. The Morgan fingerprint density at radius 3 is 2.74 bits per heavy atom. The number of hydrogen-bond donors (Lipinski definition) is 0. The molecule has 0 N–H and O–H groups in total. The Balaban J connectivity index is 1.97. The first-order valence-corrected chi connectivity index (χ1v) is 7.08. The number of ether oxygens (including phenoxy) is 1. The SMILES string of the molecule is O=C1COc2ccc(I)cc2N1Cc1ccccc1. The second kappa shape index (κ2) is 5.21. The lowest BCUT2D eigenvalue weighted by Crippen LogP contribution is -2.38. The zero-order valence-corrected chi connectivity index (χ0v) is 12.3. The number of benzene rings is 2. The zero-order chi connectivity index (χ0) is 13.2. The van der Waals surface area contributed by atoms with Gasteiger partial charge in [-0.15, -0.1) is 0 Å². The van der Waals surface area contributed by atoms with E-state index in [-0.39, 0.29) is 12.5 Å². The highest BCUT2D eigenvalue weighted by Crippen LogP contribution is 2.34. The normalized spacial score (nSPS) is 13.9. The molecule has 0 atom stereocenters. The molecule has 0 fully saturated rings. The Bertz CT molecular complexity index is 613. The van der Waals surface area contributed by atoms with Crippen molar-refractivity contribution in [3.8, 4) is 5.75 Å². The van der Waals surface area contributed by atoms with Gasteiger partial charge in [-0.2, -0.15) is 0 Å². The first-order valence-electron chi connectivity index (χ1n) is 6.01. The van der Waals surface area contributed by atoms with Crippen molar-refractivity contribution in [2.75, 3.05) is 11.5 Å². The van der Waals surface area contributed by atoms with Crippen molar-refractivity contribution in [1.29, 1.82) is 0 Å². The molecule has 3 nitrogen and oxygen atoms in total. The van der Waals surface area contributed by atoms with E-state index in [9.17, 15) is 4.79 Å². The van der Waals surface area contributed by atoms with Crippen LogP contribution < -0.4 is 9.64 Å². The molecule has 4 heteroatoms. The molecule has 0 radical (unpaired) electrons. The Morgan fingerprint density at radius 2 is 1.95 bits per heavy atom. The van der Waals surface area contributed by atoms with Gasteiger partial charge in [0.25, 0.3) is 5.91 Å². The molecule has 2 aromatic rings. The first-order chi connectivity index (χ1) is 9.24. The minimum Gasteiger partial charge on any atom is -0.482 e. The molecule has 1 aliphatic heterocycles. The maximum atomic E-state index is 12.1. The van der Waals surface area contributed by atoms with Gasteiger partial charge in [0.1, 0.15) is 5.75 Å². The average Bonchev–Trinajstić information content (AvgIpc) is 2.43. The Labute approximate surface area is 125 Å². The lowest BCUT2D eigenvalue weighted by atomic mass is 10.1.